The fourth-order valence-corrected chi connectivity index (χ4v) is 0.917. The third-order valence-electron chi connectivity index (χ3n) is 1.67. The van der Waals surface area contributed by atoms with Crippen LogP contribution in [0.2, 0.25) is 0 Å². The zero-order valence-electron chi connectivity index (χ0n) is 7.59. The predicted molar refractivity (Wildman–Crippen MR) is 44.8 cm³/mol. The van der Waals surface area contributed by atoms with Crippen molar-refractivity contribution >= 4 is 5.69 Å². The Bertz CT molecular complexity index is 422. The molecule has 4 nitrogen and oxygen atoms in total. The highest BCUT2D eigenvalue weighted by Crippen LogP contribution is 2.29. The lowest BCUT2D eigenvalue weighted by atomic mass is 10.2. The van der Waals surface area contributed by atoms with Crippen molar-refractivity contribution in [3.8, 4) is 11.8 Å². The number of ether oxygens (including phenoxy) is 1. The minimum absolute atomic E-state index is 0.0406. The number of nitrogens with zero attached hydrogens (tertiary/aromatic N) is 2. The third-order valence-corrected chi connectivity index (χ3v) is 1.67. The van der Waals surface area contributed by atoms with Gasteiger partial charge in [0.2, 0.25) is 0 Å². The molecule has 0 aliphatic carbocycles. The van der Waals surface area contributed by atoms with Crippen molar-refractivity contribution < 1.29 is 17.9 Å². The van der Waals surface area contributed by atoms with Crippen LogP contribution in [0.4, 0.5) is 18.9 Å². The zero-order valence-corrected chi connectivity index (χ0v) is 7.59. The van der Waals surface area contributed by atoms with E-state index < -0.39 is 12.1 Å². The summed E-state index contributed by atoms with van der Waals surface area (Å²) in [6, 6.07) is 1.65. The third kappa shape index (κ3) is 2.49. The van der Waals surface area contributed by atoms with E-state index in [9.17, 15) is 13.2 Å². The van der Waals surface area contributed by atoms with Crippen molar-refractivity contribution in [2.75, 3.05) is 5.73 Å². The lowest BCUT2D eigenvalue weighted by Crippen LogP contribution is -2.18. The molecule has 1 heterocycles. The second-order valence-corrected chi connectivity index (χ2v) is 2.67. The van der Waals surface area contributed by atoms with E-state index in [4.69, 9.17) is 11.0 Å². The summed E-state index contributed by atoms with van der Waals surface area (Å²) >= 11 is 0. The quantitative estimate of drug-likeness (QED) is 0.777. The topological polar surface area (TPSA) is 71.9 Å². The van der Waals surface area contributed by atoms with Crippen molar-refractivity contribution in [1.82, 2.24) is 4.98 Å². The smallest absolute Gasteiger partial charge is 0.404 e. The second kappa shape index (κ2) is 3.65. The molecule has 0 aromatic carbocycles. The fourth-order valence-electron chi connectivity index (χ4n) is 0.917. The molecule has 0 spiro atoms. The van der Waals surface area contributed by atoms with Gasteiger partial charge in [-0.1, -0.05) is 0 Å². The molecule has 0 radical (unpaired) electrons. The SMILES string of the molecule is Cc1c(OC(F)(F)F)cnc(C#N)c1N. The van der Waals surface area contributed by atoms with Gasteiger partial charge in [0.15, 0.2) is 11.4 Å². The van der Waals surface area contributed by atoms with Crippen LogP contribution in [-0.4, -0.2) is 11.3 Å². The van der Waals surface area contributed by atoms with E-state index in [-0.39, 0.29) is 16.9 Å². The van der Waals surface area contributed by atoms with Crippen LogP contribution in [-0.2, 0) is 0 Å². The van der Waals surface area contributed by atoms with Gasteiger partial charge in [0.1, 0.15) is 6.07 Å². The maximum absolute atomic E-state index is 11.9. The van der Waals surface area contributed by atoms with E-state index in [0.717, 1.165) is 6.20 Å². The van der Waals surface area contributed by atoms with E-state index >= 15 is 0 Å². The summed E-state index contributed by atoms with van der Waals surface area (Å²) in [5.74, 6) is -0.501. The Hall–Kier alpha value is -1.97. The number of alkyl halides is 3. The molecule has 0 amide bonds. The first-order valence-electron chi connectivity index (χ1n) is 3.76. The molecular weight excluding hydrogens is 211 g/mol. The fraction of sp³-hybridized carbons (Fsp3) is 0.250. The molecule has 0 unspecified atom stereocenters. The van der Waals surface area contributed by atoms with Gasteiger partial charge in [-0.3, -0.25) is 0 Å². The first-order chi connectivity index (χ1) is 6.85. The molecule has 0 saturated carbocycles. The number of hydrogen-bond donors (Lipinski definition) is 1. The molecule has 0 atom stereocenters. The average molecular weight is 217 g/mol. The Morgan fingerprint density at radius 3 is 2.60 bits per heavy atom. The van der Waals surface area contributed by atoms with Crippen molar-refractivity contribution in [2.45, 2.75) is 13.3 Å². The second-order valence-electron chi connectivity index (χ2n) is 2.67. The van der Waals surface area contributed by atoms with Crippen molar-refractivity contribution in [2.24, 2.45) is 0 Å². The minimum Gasteiger partial charge on any atom is -0.404 e. The zero-order chi connectivity index (χ0) is 11.6. The molecule has 1 aromatic heterocycles. The number of aromatic nitrogens is 1. The first kappa shape index (κ1) is 11.1. The van der Waals surface area contributed by atoms with Crippen LogP contribution in [0.5, 0.6) is 5.75 Å². The lowest BCUT2D eigenvalue weighted by molar-refractivity contribution is -0.274. The number of pyridine rings is 1. The predicted octanol–water partition coefficient (Wildman–Crippen LogP) is 1.74. The van der Waals surface area contributed by atoms with Gasteiger partial charge in [0.05, 0.1) is 11.9 Å². The summed E-state index contributed by atoms with van der Waals surface area (Å²) in [7, 11) is 0. The molecule has 15 heavy (non-hydrogen) atoms. The Morgan fingerprint density at radius 1 is 1.53 bits per heavy atom. The highest BCUT2D eigenvalue weighted by molar-refractivity contribution is 5.59. The van der Waals surface area contributed by atoms with Crippen LogP contribution in [0, 0.1) is 18.3 Å². The highest BCUT2D eigenvalue weighted by atomic mass is 19.4. The van der Waals surface area contributed by atoms with Gasteiger partial charge in [-0.2, -0.15) is 5.26 Å². The number of nitrogens with two attached hydrogens (primary N) is 1. The molecule has 0 aliphatic heterocycles. The molecule has 7 heteroatoms. The van der Waals surface area contributed by atoms with Crippen LogP contribution in [0.1, 0.15) is 11.3 Å². The first-order valence-corrected chi connectivity index (χ1v) is 3.76. The summed E-state index contributed by atoms with van der Waals surface area (Å²) in [5, 5.41) is 8.51. The number of halogens is 3. The molecular formula is C8H6F3N3O. The Kier molecular flexibility index (Phi) is 2.70. The number of hydrogen-bond acceptors (Lipinski definition) is 4. The van der Waals surface area contributed by atoms with E-state index in [1.54, 1.807) is 6.07 Å². The molecule has 0 saturated heterocycles. The van der Waals surface area contributed by atoms with Gasteiger partial charge in [-0.25, -0.2) is 4.98 Å². The summed E-state index contributed by atoms with van der Waals surface area (Å²) in [6.07, 6.45) is -3.98. The van der Waals surface area contributed by atoms with Gasteiger partial charge in [-0.15, -0.1) is 13.2 Å². The van der Waals surface area contributed by atoms with Crippen LogP contribution in [0.15, 0.2) is 6.20 Å². The molecule has 0 bridgehead atoms. The van der Waals surface area contributed by atoms with E-state index in [1.807, 2.05) is 0 Å². The Labute approximate surface area is 83.1 Å². The maximum Gasteiger partial charge on any atom is 0.573 e. The molecule has 0 aliphatic rings. The summed E-state index contributed by atoms with van der Waals surface area (Å²) in [4.78, 5) is 3.43. The van der Waals surface area contributed by atoms with E-state index in [2.05, 4.69) is 9.72 Å². The van der Waals surface area contributed by atoms with E-state index in [0.29, 0.717) is 0 Å². The van der Waals surface area contributed by atoms with Crippen LogP contribution >= 0.6 is 0 Å². The van der Waals surface area contributed by atoms with Gasteiger partial charge in [0, 0.05) is 5.56 Å². The maximum atomic E-state index is 11.9. The highest BCUT2D eigenvalue weighted by Gasteiger charge is 2.32. The summed E-state index contributed by atoms with van der Waals surface area (Å²) < 4.78 is 39.3. The number of nitriles is 1. The van der Waals surface area contributed by atoms with Crippen molar-refractivity contribution in [3.63, 3.8) is 0 Å². The normalized spacial score (nSPS) is 10.9. The molecule has 1 aromatic rings. The molecule has 1 rings (SSSR count). The monoisotopic (exact) mass is 217 g/mol. The van der Waals surface area contributed by atoms with E-state index in [1.165, 1.54) is 6.92 Å². The summed E-state index contributed by atoms with van der Waals surface area (Å²) in [5.41, 5.74) is 5.19. The minimum atomic E-state index is -4.80. The largest absolute Gasteiger partial charge is 0.573 e. The average Bonchev–Trinajstić information content (AvgIpc) is 2.11. The molecule has 2 N–H and O–H groups in total. The van der Waals surface area contributed by atoms with Crippen molar-refractivity contribution in [3.05, 3.63) is 17.5 Å². The Morgan fingerprint density at radius 2 is 2.13 bits per heavy atom. The number of nitrogen functional groups attached to an aromatic ring is 1. The Balaban J connectivity index is 3.14. The van der Waals surface area contributed by atoms with Crippen LogP contribution in [0.25, 0.3) is 0 Å². The van der Waals surface area contributed by atoms with Gasteiger partial charge >= 0.3 is 6.36 Å². The lowest BCUT2D eigenvalue weighted by Gasteiger charge is -2.12. The summed E-state index contributed by atoms with van der Waals surface area (Å²) in [6.45, 7) is 1.32. The van der Waals surface area contributed by atoms with Crippen molar-refractivity contribution in [1.29, 1.82) is 5.26 Å². The molecule has 80 valence electrons. The number of anilines is 1. The van der Waals surface area contributed by atoms with Gasteiger partial charge < -0.3 is 10.5 Å². The number of rotatable bonds is 1. The van der Waals surface area contributed by atoms with Gasteiger partial charge in [0.25, 0.3) is 0 Å². The van der Waals surface area contributed by atoms with Crippen LogP contribution in [0.3, 0.4) is 0 Å². The molecule has 0 fully saturated rings. The standard InChI is InChI=1S/C8H6F3N3O/c1-4-6(15-8(9,10)11)3-14-5(2-12)7(4)13/h3H,13H2,1H3. The van der Waals surface area contributed by atoms with Gasteiger partial charge in [-0.05, 0) is 6.92 Å². The van der Waals surface area contributed by atoms with Crippen LogP contribution < -0.4 is 10.5 Å².